The van der Waals surface area contributed by atoms with Gasteiger partial charge in [-0.3, -0.25) is 0 Å². The zero-order chi connectivity index (χ0) is 13.4. The molecular weight excluding hydrogens is 301 g/mol. The van der Waals surface area contributed by atoms with Crippen molar-refractivity contribution in [2.24, 2.45) is 0 Å². The van der Waals surface area contributed by atoms with Gasteiger partial charge in [-0.05, 0) is 41.6 Å². The van der Waals surface area contributed by atoms with Gasteiger partial charge in [0.1, 0.15) is 5.82 Å². The quantitative estimate of drug-likeness (QED) is 0.777. The molecule has 1 nitrogen and oxygen atoms in total. The lowest BCUT2D eigenvalue weighted by molar-refractivity contribution is 0.627. The first-order chi connectivity index (χ1) is 9.13. The lowest BCUT2D eigenvalue weighted by Crippen LogP contribution is -2.19. The zero-order valence-corrected chi connectivity index (χ0v) is 12.7. The second-order valence-electron chi connectivity index (χ2n) is 4.65. The van der Waals surface area contributed by atoms with Gasteiger partial charge in [-0.25, -0.2) is 4.39 Å². The van der Waals surface area contributed by atoms with Crippen molar-refractivity contribution in [2.45, 2.75) is 28.8 Å². The second kappa shape index (κ2) is 5.35. The van der Waals surface area contributed by atoms with Crippen molar-refractivity contribution in [3.63, 3.8) is 0 Å². The third-order valence-corrected chi connectivity index (χ3v) is 5.83. The van der Waals surface area contributed by atoms with Gasteiger partial charge in [0.05, 0.1) is 21.0 Å². The second-order valence-corrected chi connectivity index (χ2v) is 7.68. The largest absolute Gasteiger partial charge is 0.377 e. The summed E-state index contributed by atoms with van der Waals surface area (Å²) in [6.45, 7) is 2.23. The summed E-state index contributed by atoms with van der Waals surface area (Å²) in [7, 11) is 0. The maximum Gasteiger partial charge on any atom is 0.124 e. The smallest absolute Gasteiger partial charge is 0.124 e. The molecule has 1 N–H and O–H groups in total. The normalized spacial score (nSPS) is 22.1. The minimum Gasteiger partial charge on any atom is -0.377 e. The molecule has 1 aromatic heterocycles. The van der Waals surface area contributed by atoms with E-state index >= 15 is 0 Å². The molecule has 0 saturated heterocycles. The SMILES string of the molecule is C[C@H]1CC(Nc2ccc(F)cc2Cl)c2ccsc2S1. The van der Waals surface area contributed by atoms with Gasteiger partial charge in [0.15, 0.2) is 0 Å². The van der Waals surface area contributed by atoms with Crippen molar-refractivity contribution >= 4 is 40.4 Å². The van der Waals surface area contributed by atoms with E-state index in [2.05, 4.69) is 23.7 Å². The Balaban J connectivity index is 1.88. The predicted molar refractivity (Wildman–Crippen MR) is 82.0 cm³/mol. The van der Waals surface area contributed by atoms with Crippen LogP contribution < -0.4 is 5.32 Å². The minimum absolute atomic E-state index is 0.250. The van der Waals surface area contributed by atoms with Crippen molar-refractivity contribution in [3.8, 4) is 0 Å². The number of thioether (sulfide) groups is 1. The number of hydrogen-bond donors (Lipinski definition) is 1. The van der Waals surface area contributed by atoms with E-state index in [4.69, 9.17) is 11.6 Å². The number of nitrogens with one attached hydrogen (secondary N) is 1. The van der Waals surface area contributed by atoms with Crippen LogP contribution in [0.15, 0.2) is 33.9 Å². The number of halogens is 2. The lowest BCUT2D eigenvalue weighted by Gasteiger charge is -2.28. The highest BCUT2D eigenvalue weighted by atomic mass is 35.5. The Morgan fingerprint density at radius 1 is 1.37 bits per heavy atom. The Morgan fingerprint density at radius 3 is 3.00 bits per heavy atom. The van der Waals surface area contributed by atoms with E-state index in [1.807, 2.05) is 11.8 Å². The molecule has 0 bridgehead atoms. The highest BCUT2D eigenvalue weighted by molar-refractivity contribution is 8.01. The van der Waals surface area contributed by atoms with Gasteiger partial charge in [-0.2, -0.15) is 0 Å². The number of rotatable bonds is 2. The maximum absolute atomic E-state index is 13.1. The van der Waals surface area contributed by atoms with Gasteiger partial charge >= 0.3 is 0 Å². The summed E-state index contributed by atoms with van der Waals surface area (Å²) in [4.78, 5) is 0. The molecule has 100 valence electrons. The number of hydrogen-bond acceptors (Lipinski definition) is 3. The zero-order valence-electron chi connectivity index (χ0n) is 10.3. The van der Waals surface area contributed by atoms with Crippen molar-refractivity contribution in [1.82, 2.24) is 0 Å². The summed E-state index contributed by atoms with van der Waals surface area (Å²) in [6, 6.07) is 6.90. The van der Waals surface area contributed by atoms with Crippen LogP contribution in [0.1, 0.15) is 24.9 Å². The standard InChI is InChI=1S/C14H13ClFNS2/c1-8-6-13(10-4-5-18-14(10)19-8)17-12-3-2-9(16)7-11(12)15/h2-5,7-8,13,17H,6H2,1H3/t8-,13?/m0/s1. The first-order valence-electron chi connectivity index (χ1n) is 6.09. The van der Waals surface area contributed by atoms with Crippen LogP contribution in [-0.4, -0.2) is 5.25 Å². The molecule has 19 heavy (non-hydrogen) atoms. The molecule has 0 aliphatic carbocycles. The summed E-state index contributed by atoms with van der Waals surface area (Å²) >= 11 is 9.79. The first-order valence-corrected chi connectivity index (χ1v) is 8.23. The highest BCUT2D eigenvalue weighted by Crippen LogP contribution is 2.45. The van der Waals surface area contributed by atoms with Crippen LogP contribution in [0.3, 0.4) is 0 Å². The molecular formula is C14H13ClFNS2. The molecule has 5 heteroatoms. The Kier molecular flexibility index (Phi) is 3.74. The average molecular weight is 314 g/mol. The summed E-state index contributed by atoms with van der Waals surface area (Å²) in [5.74, 6) is -0.306. The van der Waals surface area contributed by atoms with Crippen molar-refractivity contribution in [1.29, 1.82) is 0 Å². The van der Waals surface area contributed by atoms with E-state index in [0.29, 0.717) is 10.3 Å². The molecule has 0 radical (unpaired) electrons. The third-order valence-electron chi connectivity index (χ3n) is 3.17. The van der Waals surface area contributed by atoms with E-state index in [1.165, 1.54) is 21.9 Å². The molecule has 2 aromatic rings. The van der Waals surface area contributed by atoms with Crippen LogP contribution in [0.25, 0.3) is 0 Å². The third kappa shape index (κ3) is 2.76. The molecule has 2 atom stereocenters. The Labute approximate surface area is 125 Å². The molecule has 1 aromatic carbocycles. The van der Waals surface area contributed by atoms with Gasteiger partial charge in [-0.1, -0.05) is 18.5 Å². The van der Waals surface area contributed by atoms with E-state index < -0.39 is 0 Å². The maximum atomic E-state index is 13.1. The van der Waals surface area contributed by atoms with Crippen molar-refractivity contribution in [2.75, 3.05) is 5.32 Å². The number of anilines is 1. The Bertz CT molecular complexity index is 599. The van der Waals surface area contributed by atoms with Gasteiger partial charge in [-0.15, -0.1) is 23.1 Å². The first kappa shape index (κ1) is 13.3. The van der Waals surface area contributed by atoms with Crippen LogP contribution in [-0.2, 0) is 0 Å². The van der Waals surface area contributed by atoms with Crippen LogP contribution in [0.4, 0.5) is 10.1 Å². The van der Waals surface area contributed by atoms with Crippen LogP contribution in [0.5, 0.6) is 0 Å². The Hall–Kier alpha value is -0.710. The van der Waals surface area contributed by atoms with Gasteiger partial charge in [0, 0.05) is 5.25 Å². The Morgan fingerprint density at radius 2 is 2.21 bits per heavy atom. The van der Waals surface area contributed by atoms with E-state index in [-0.39, 0.29) is 11.9 Å². The molecule has 0 fully saturated rings. The van der Waals surface area contributed by atoms with Crippen LogP contribution in [0, 0.1) is 5.82 Å². The number of thiophene rings is 1. The molecule has 1 unspecified atom stereocenters. The molecule has 0 amide bonds. The average Bonchev–Trinajstić information content (AvgIpc) is 2.80. The predicted octanol–water partition coefficient (Wildman–Crippen LogP) is 5.58. The fourth-order valence-electron chi connectivity index (χ4n) is 2.28. The fourth-order valence-corrected chi connectivity index (χ4v) is 5.07. The number of benzene rings is 1. The van der Waals surface area contributed by atoms with Gasteiger partial charge in [0.2, 0.25) is 0 Å². The number of fused-ring (bicyclic) bond motifs is 1. The molecule has 0 saturated carbocycles. The lowest BCUT2D eigenvalue weighted by atomic mass is 10.0. The van der Waals surface area contributed by atoms with Crippen LogP contribution in [0.2, 0.25) is 5.02 Å². The summed E-state index contributed by atoms with van der Waals surface area (Å²) in [5.41, 5.74) is 2.12. The van der Waals surface area contributed by atoms with Crippen molar-refractivity contribution in [3.05, 3.63) is 46.0 Å². The monoisotopic (exact) mass is 313 g/mol. The summed E-state index contributed by atoms with van der Waals surface area (Å²) in [5, 5.41) is 6.57. The fraction of sp³-hybridized carbons (Fsp3) is 0.286. The van der Waals surface area contributed by atoms with E-state index in [9.17, 15) is 4.39 Å². The van der Waals surface area contributed by atoms with Crippen molar-refractivity contribution < 1.29 is 4.39 Å². The van der Waals surface area contributed by atoms with E-state index in [1.54, 1.807) is 17.4 Å². The molecule has 1 aliphatic heterocycles. The van der Waals surface area contributed by atoms with Gasteiger partial charge in [0.25, 0.3) is 0 Å². The summed E-state index contributed by atoms with van der Waals surface area (Å²) in [6.07, 6.45) is 1.04. The minimum atomic E-state index is -0.306. The molecule has 0 spiro atoms. The molecule has 1 aliphatic rings. The molecule has 3 rings (SSSR count). The summed E-state index contributed by atoms with van der Waals surface area (Å²) < 4.78 is 14.4. The van der Waals surface area contributed by atoms with Gasteiger partial charge < -0.3 is 5.32 Å². The van der Waals surface area contributed by atoms with E-state index in [0.717, 1.165) is 12.1 Å². The highest BCUT2D eigenvalue weighted by Gasteiger charge is 2.26. The molecule has 2 heterocycles. The topological polar surface area (TPSA) is 12.0 Å². The van der Waals surface area contributed by atoms with Crippen LogP contribution >= 0.6 is 34.7 Å².